The normalized spacial score (nSPS) is 15.1. The van der Waals surface area contributed by atoms with Crippen molar-refractivity contribution in [1.82, 2.24) is 19.6 Å². The van der Waals surface area contributed by atoms with E-state index in [0.29, 0.717) is 0 Å². The molecule has 0 N–H and O–H groups in total. The minimum absolute atomic E-state index is 0.00484. The molecule has 8 aromatic carbocycles. The first-order valence-corrected chi connectivity index (χ1v) is 21.6. The van der Waals surface area contributed by atoms with Gasteiger partial charge >= 0.3 is 0 Å². The minimum Gasteiger partial charge on any atom is -0.233 e. The number of hydrogen-bond acceptors (Lipinski definition) is 2. The summed E-state index contributed by atoms with van der Waals surface area (Å²) in [6.07, 6.45) is 0. The lowest BCUT2D eigenvalue weighted by molar-refractivity contribution is 0.645. The Bertz CT molecular complexity index is 3360. The Kier molecular flexibility index (Phi) is 6.23. The van der Waals surface area contributed by atoms with Crippen LogP contribution in [0.5, 0.6) is 0 Å². The van der Waals surface area contributed by atoms with Gasteiger partial charge in [-0.3, -0.25) is 0 Å². The Labute approximate surface area is 354 Å². The van der Waals surface area contributed by atoms with Gasteiger partial charge in [0.2, 0.25) is 0 Å². The topological polar surface area (TPSA) is 35.6 Å². The molecule has 0 bridgehead atoms. The first-order chi connectivity index (χ1) is 29.8. The fraction of sp³-hybridized carbons (Fsp3) is 0.107. The average molecular weight is 779 g/mol. The van der Waals surface area contributed by atoms with Crippen LogP contribution >= 0.6 is 0 Å². The van der Waals surface area contributed by atoms with Crippen molar-refractivity contribution in [2.24, 2.45) is 0 Å². The van der Waals surface area contributed by atoms with Crippen molar-refractivity contribution in [2.45, 2.75) is 38.5 Å². The standard InChI is InChI=1S/C56H39BN4/c1-55(2)39-24-13-11-20-37(39)51-48-41(55)26-28-43-53(48)60(58-51)45-30-34(47-35(32-16-7-5-8-17-32)22-15-23-36(47)33-18-9-6-10-19-33)31-46-50(45)57(43)44-29-27-42-49-52(59-61(46)54(44)49)38-21-12-14-25-40(38)56(42,3)4/h5-31H,1-4H3. The van der Waals surface area contributed by atoms with Crippen molar-refractivity contribution in [3.63, 3.8) is 0 Å². The Morgan fingerprint density at radius 2 is 0.836 bits per heavy atom. The molecule has 286 valence electrons. The Balaban J connectivity index is 1.16. The van der Waals surface area contributed by atoms with E-state index >= 15 is 0 Å². The van der Waals surface area contributed by atoms with Crippen LogP contribution in [0.15, 0.2) is 164 Å². The molecular formula is C56H39BN4. The van der Waals surface area contributed by atoms with Gasteiger partial charge in [0.1, 0.15) is 11.4 Å². The molecule has 0 amide bonds. The minimum atomic E-state index is -0.187. The van der Waals surface area contributed by atoms with Gasteiger partial charge in [0.15, 0.2) is 0 Å². The van der Waals surface area contributed by atoms with Gasteiger partial charge in [0.25, 0.3) is 6.71 Å². The van der Waals surface area contributed by atoms with Gasteiger partial charge in [0.05, 0.1) is 22.4 Å². The van der Waals surface area contributed by atoms with Crippen LogP contribution in [0.25, 0.3) is 89.1 Å². The van der Waals surface area contributed by atoms with E-state index in [9.17, 15) is 0 Å². The van der Waals surface area contributed by atoms with E-state index in [-0.39, 0.29) is 17.5 Å². The molecule has 0 saturated heterocycles. The molecule has 0 atom stereocenters. The van der Waals surface area contributed by atoms with Crippen molar-refractivity contribution in [3.05, 3.63) is 186 Å². The van der Waals surface area contributed by atoms with Crippen LogP contribution in [-0.2, 0) is 10.8 Å². The third kappa shape index (κ3) is 4.07. The summed E-state index contributed by atoms with van der Waals surface area (Å²) in [5.74, 6) is 0. The Morgan fingerprint density at radius 1 is 0.410 bits per heavy atom. The highest BCUT2D eigenvalue weighted by atomic mass is 15.3. The van der Waals surface area contributed by atoms with Crippen LogP contribution in [0.2, 0.25) is 0 Å². The van der Waals surface area contributed by atoms with Gasteiger partial charge in [-0.1, -0.05) is 179 Å². The first kappa shape index (κ1) is 33.6. The fourth-order valence-corrected chi connectivity index (χ4v) is 12.0. The molecular weight excluding hydrogens is 739 g/mol. The Morgan fingerprint density at radius 3 is 1.31 bits per heavy atom. The predicted octanol–water partition coefficient (Wildman–Crippen LogP) is 11.1. The van der Waals surface area contributed by atoms with Gasteiger partial charge in [-0.2, -0.15) is 10.2 Å². The van der Waals surface area contributed by atoms with Gasteiger partial charge < -0.3 is 0 Å². The van der Waals surface area contributed by atoms with Gasteiger partial charge in [-0.15, -0.1) is 0 Å². The highest BCUT2D eigenvalue weighted by Gasteiger charge is 2.46. The number of hydrogen-bond donors (Lipinski definition) is 0. The van der Waals surface area contributed by atoms with Gasteiger partial charge in [-0.05, 0) is 84.2 Å². The lowest BCUT2D eigenvalue weighted by Crippen LogP contribution is -2.59. The van der Waals surface area contributed by atoms with E-state index in [1.54, 1.807) is 0 Å². The lowest BCUT2D eigenvalue weighted by atomic mass is 9.34. The second-order valence-electron chi connectivity index (χ2n) is 18.5. The van der Waals surface area contributed by atoms with Crippen molar-refractivity contribution >= 4 is 44.9 Å². The van der Waals surface area contributed by atoms with E-state index < -0.39 is 0 Å². The smallest absolute Gasteiger partial charge is 0.233 e. The molecule has 0 radical (unpaired) electrons. The number of benzene rings is 8. The average Bonchev–Trinajstić information content (AvgIpc) is 3.90. The summed E-state index contributed by atoms with van der Waals surface area (Å²) >= 11 is 0. The highest BCUT2D eigenvalue weighted by Crippen LogP contribution is 2.52. The van der Waals surface area contributed by atoms with Crippen LogP contribution < -0.4 is 16.4 Å². The summed E-state index contributed by atoms with van der Waals surface area (Å²) in [5.41, 5.74) is 25.2. The highest BCUT2D eigenvalue weighted by molar-refractivity contribution is 7.00. The van der Waals surface area contributed by atoms with E-state index in [2.05, 4.69) is 201 Å². The van der Waals surface area contributed by atoms with Crippen molar-refractivity contribution in [1.29, 1.82) is 0 Å². The number of nitrogens with zero attached hydrogens (tertiary/aromatic N) is 4. The third-order valence-corrected chi connectivity index (χ3v) is 14.8. The number of aromatic nitrogens is 4. The van der Waals surface area contributed by atoms with Crippen LogP contribution in [0.1, 0.15) is 49.9 Å². The van der Waals surface area contributed by atoms with Crippen molar-refractivity contribution in [3.8, 4) is 67.3 Å². The maximum absolute atomic E-state index is 5.71. The van der Waals surface area contributed by atoms with Gasteiger partial charge in [0, 0.05) is 32.7 Å². The monoisotopic (exact) mass is 778 g/mol. The van der Waals surface area contributed by atoms with Crippen LogP contribution in [0, 0.1) is 0 Å². The molecule has 4 heterocycles. The van der Waals surface area contributed by atoms with Crippen LogP contribution in [-0.4, -0.2) is 26.3 Å². The molecule has 5 heteroatoms. The molecule has 0 unspecified atom stereocenters. The zero-order valence-corrected chi connectivity index (χ0v) is 34.5. The molecule has 2 aliphatic heterocycles. The van der Waals surface area contributed by atoms with Crippen molar-refractivity contribution in [2.75, 3.05) is 0 Å². The summed E-state index contributed by atoms with van der Waals surface area (Å²) in [6.45, 7) is 9.51. The Hall–Kier alpha value is -7.24. The van der Waals surface area contributed by atoms with Crippen LogP contribution in [0.4, 0.5) is 0 Å². The lowest BCUT2D eigenvalue weighted by Gasteiger charge is -2.36. The molecule has 0 spiro atoms. The maximum atomic E-state index is 5.71. The zero-order chi connectivity index (χ0) is 40.5. The molecule has 0 saturated carbocycles. The zero-order valence-electron chi connectivity index (χ0n) is 34.5. The molecule has 61 heavy (non-hydrogen) atoms. The second-order valence-corrected chi connectivity index (χ2v) is 18.5. The van der Waals surface area contributed by atoms with Crippen molar-refractivity contribution < 1.29 is 0 Å². The number of rotatable bonds is 3. The first-order valence-electron chi connectivity index (χ1n) is 21.6. The van der Waals surface area contributed by atoms with E-state index in [4.69, 9.17) is 10.2 Å². The fourth-order valence-electron chi connectivity index (χ4n) is 12.0. The molecule has 14 rings (SSSR count). The number of fused-ring (bicyclic) bond motifs is 8. The maximum Gasteiger partial charge on any atom is 0.252 e. The predicted molar refractivity (Wildman–Crippen MR) is 252 cm³/mol. The molecule has 4 aliphatic rings. The van der Waals surface area contributed by atoms with Gasteiger partial charge in [-0.25, -0.2) is 9.36 Å². The van der Waals surface area contributed by atoms with E-state index in [1.807, 2.05) is 0 Å². The summed E-state index contributed by atoms with van der Waals surface area (Å²) in [6, 6.07) is 60.9. The summed E-state index contributed by atoms with van der Waals surface area (Å²) in [7, 11) is 0. The second kappa shape index (κ2) is 11.3. The van der Waals surface area contributed by atoms with Crippen LogP contribution in [0.3, 0.4) is 0 Å². The van der Waals surface area contributed by atoms with E-state index in [1.165, 1.54) is 99.4 Å². The molecule has 4 nitrogen and oxygen atoms in total. The summed E-state index contributed by atoms with van der Waals surface area (Å²) in [5, 5.41) is 14.0. The third-order valence-electron chi connectivity index (χ3n) is 14.8. The quantitative estimate of drug-likeness (QED) is 0.168. The largest absolute Gasteiger partial charge is 0.252 e. The SMILES string of the molecule is CC1(C)c2ccccc2-c2nn3c4c(ccc1c24)B1c2c-3cc(-c3c(-c4ccccc4)cccc3-c3ccccc3)cc2-n2nc3c4c(ccc1c42)C(C)(C)c1ccccc1-3. The molecule has 2 aliphatic carbocycles. The summed E-state index contributed by atoms with van der Waals surface area (Å²) < 4.78 is 4.62. The summed E-state index contributed by atoms with van der Waals surface area (Å²) in [4.78, 5) is 0. The van der Waals surface area contributed by atoms with E-state index in [0.717, 1.165) is 28.3 Å². The molecule has 10 aromatic rings. The molecule has 0 fully saturated rings. The molecule has 2 aromatic heterocycles.